The number of hydrogen-bond donors (Lipinski definition) is 2. The van der Waals surface area contributed by atoms with Crippen LogP contribution in [0.2, 0.25) is 5.02 Å². The average molecular weight is 242 g/mol. The maximum Gasteiger partial charge on any atom is 0.321 e. The monoisotopic (exact) mass is 241 g/mol. The molecular formula is C12H16ClNO2. The second-order valence-corrected chi connectivity index (χ2v) is 4.41. The van der Waals surface area contributed by atoms with Crippen molar-refractivity contribution in [2.75, 3.05) is 0 Å². The van der Waals surface area contributed by atoms with Crippen LogP contribution in [0.3, 0.4) is 0 Å². The summed E-state index contributed by atoms with van der Waals surface area (Å²) in [7, 11) is 0. The molecule has 0 heterocycles. The zero-order chi connectivity index (χ0) is 12.1. The molecule has 0 amide bonds. The minimum Gasteiger partial charge on any atom is -0.480 e. The lowest BCUT2D eigenvalue weighted by atomic mass is 10.1. The molecular weight excluding hydrogens is 226 g/mol. The van der Waals surface area contributed by atoms with E-state index in [0.29, 0.717) is 11.4 Å². The fraction of sp³-hybridized carbons (Fsp3) is 0.417. The normalized spacial score (nSPS) is 12.8. The lowest BCUT2D eigenvalue weighted by molar-refractivity contribution is -0.139. The fourth-order valence-electron chi connectivity index (χ4n) is 1.50. The predicted octanol–water partition coefficient (Wildman–Crippen LogP) is 2.33. The largest absolute Gasteiger partial charge is 0.480 e. The molecule has 1 aromatic carbocycles. The Kier molecular flexibility index (Phi) is 4.77. The summed E-state index contributed by atoms with van der Waals surface area (Å²) in [6.45, 7) is 3.84. The molecule has 88 valence electrons. The number of carboxylic acids is 1. The standard InChI is InChI=1S/C12H16ClNO2/c1-8(2)14-11(12(15)16)7-9-5-3-4-6-10(9)13/h3-6,8,11,14H,7H2,1-2H3,(H,15,16)/t11-/m0/s1. The minimum absolute atomic E-state index is 0.128. The number of rotatable bonds is 5. The van der Waals surface area contributed by atoms with Crippen LogP contribution in [0, 0.1) is 0 Å². The van der Waals surface area contributed by atoms with Gasteiger partial charge < -0.3 is 10.4 Å². The van der Waals surface area contributed by atoms with Crippen molar-refractivity contribution >= 4 is 17.6 Å². The number of aliphatic carboxylic acids is 1. The third-order valence-electron chi connectivity index (χ3n) is 2.21. The van der Waals surface area contributed by atoms with Crippen LogP contribution in [0.15, 0.2) is 24.3 Å². The quantitative estimate of drug-likeness (QED) is 0.832. The number of hydrogen-bond acceptors (Lipinski definition) is 2. The molecule has 0 aliphatic rings. The highest BCUT2D eigenvalue weighted by Crippen LogP contribution is 2.16. The van der Waals surface area contributed by atoms with Gasteiger partial charge in [0.25, 0.3) is 0 Å². The highest BCUT2D eigenvalue weighted by molar-refractivity contribution is 6.31. The van der Waals surface area contributed by atoms with E-state index in [0.717, 1.165) is 5.56 Å². The smallest absolute Gasteiger partial charge is 0.321 e. The second-order valence-electron chi connectivity index (χ2n) is 4.01. The van der Waals surface area contributed by atoms with Crippen LogP contribution in [-0.4, -0.2) is 23.2 Å². The first kappa shape index (κ1) is 13.0. The van der Waals surface area contributed by atoms with E-state index in [2.05, 4.69) is 5.32 Å². The topological polar surface area (TPSA) is 49.3 Å². The van der Waals surface area contributed by atoms with Crippen LogP contribution < -0.4 is 5.32 Å². The lowest BCUT2D eigenvalue weighted by Crippen LogP contribution is -2.42. The molecule has 1 atom stereocenters. The highest BCUT2D eigenvalue weighted by atomic mass is 35.5. The van der Waals surface area contributed by atoms with Gasteiger partial charge in [-0.3, -0.25) is 4.79 Å². The van der Waals surface area contributed by atoms with Crippen molar-refractivity contribution < 1.29 is 9.90 Å². The van der Waals surface area contributed by atoms with Crippen molar-refractivity contribution in [2.45, 2.75) is 32.4 Å². The van der Waals surface area contributed by atoms with Gasteiger partial charge in [0.15, 0.2) is 0 Å². The number of halogens is 1. The summed E-state index contributed by atoms with van der Waals surface area (Å²) in [4.78, 5) is 11.0. The number of benzene rings is 1. The van der Waals surface area contributed by atoms with E-state index >= 15 is 0 Å². The summed E-state index contributed by atoms with van der Waals surface area (Å²) in [5, 5.41) is 12.7. The summed E-state index contributed by atoms with van der Waals surface area (Å²) in [5.74, 6) is -0.853. The van der Waals surface area contributed by atoms with Crippen LogP contribution in [0.1, 0.15) is 19.4 Å². The maximum atomic E-state index is 11.0. The Morgan fingerprint density at radius 1 is 1.44 bits per heavy atom. The van der Waals surface area contributed by atoms with Crippen molar-refractivity contribution in [1.29, 1.82) is 0 Å². The first-order valence-corrected chi connectivity index (χ1v) is 5.60. The van der Waals surface area contributed by atoms with Gasteiger partial charge in [0, 0.05) is 11.1 Å². The predicted molar refractivity (Wildman–Crippen MR) is 64.9 cm³/mol. The molecule has 0 bridgehead atoms. The van der Waals surface area contributed by atoms with Crippen molar-refractivity contribution in [3.05, 3.63) is 34.9 Å². The van der Waals surface area contributed by atoms with Crippen LogP contribution in [0.25, 0.3) is 0 Å². The van der Waals surface area contributed by atoms with Gasteiger partial charge in [-0.2, -0.15) is 0 Å². The van der Waals surface area contributed by atoms with E-state index in [1.807, 2.05) is 32.0 Å². The molecule has 0 unspecified atom stereocenters. The average Bonchev–Trinajstić information content (AvgIpc) is 2.19. The Balaban J connectivity index is 2.76. The molecule has 0 saturated carbocycles. The molecule has 1 rings (SSSR count). The van der Waals surface area contributed by atoms with Crippen molar-refractivity contribution in [3.63, 3.8) is 0 Å². The number of carbonyl (C=O) groups is 1. The molecule has 0 aliphatic heterocycles. The Bertz CT molecular complexity index is 366. The van der Waals surface area contributed by atoms with Gasteiger partial charge in [0.05, 0.1) is 0 Å². The van der Waals surface area contributed by atoms with E-state index in [-0.39, 0.29) is 6.04 Å². The molecule has 0 aliphatic carbocycles. The van der Waals surface area contributed by atoms with Crippen LogP contribution in [-0.2, 0) is 11.2 Å². The van der Waals surface area contributed by atoms with E-state index in [4.69, 9.17) is 16.7 Å². The summed E-state index contributed by atoms with van der Waals surface area (Å²) in [5.41, 5.74) is 0.852. The maximum absolute atomic E-state index is 11.0. The van der Waals surface area contributed by atoms with E-state index in [9.17, 15) is 4.79 Å². The highest BCUT2D eigenvalue weighted by Gasteiger charge is 2.19. The van der Waals surface area contributed by atoms with Gasteiger partial charge in [-0.1, -0.05) is 43.6 Å². The van der Waals surface area contributed by atoms with Gasteiger partial charge in [0.1, 0.15) is 6.04 Å². The summed E-state index contributed by atoms with van der Waals surface area (Å²) in [6.07, 6.45) is 0.396. The first-order valence-electron chi connectivity index (χ1n) is 5.23. The van der Waals surface area contributed by atoms with E-state index in [1.54, 1.807) is 6.07 Å². The van der Waals surface area contributed by atoms with Gasteiger partial charge in [-0.15, -0.1) is 0 Å². The van der Waals surface area contributed by atoms with Gasteiger partial charge in [-0.25, -0.2) is 0 Å². The molecule has 2 N–H and O–H groups in total. The molecule has 4 heteroatoms. The van der Waals surface area contributed by atoms with Crippen LogP contribution in [0.4, 0.5) is 0 Å². The molecule has 0 fully saturated rings. The summed E-state index contributed by atoms with van der Waals surface area (Å²) >= 11 is 5.99. The zero-order valence-electron chi connectivity index (χ0n) is 9.40. The molecule has 16 heavy (non-hydrogen) atoms. The van der Waals surface area contributed by atoms with Crippen LogP contribution in [0.5, 0.6) is 0 Å². The summed E-state index contributed by atoms with van der Waals surface area (Å²) < 4.78 is 0. The minimum atomic E-state index is -0.853. The first-order chi connectivity index (χ1) is 7.50. The van der Waals surface area contributed by atoms with Crippen molar-refractivity contribution in [1.82, 2.24) is 5.32 Å². The Morgan fingerprint density at radius 2 is 2.06 bits per heavy atom. The molecule has 0 spiro atoms. The third kappa shape index (κ3) is 3.83. The Hall–Kier alpha value is -1.06. The number of carboxylic acid groups (broad SMARTS) is 1. The third-order valence-corrected chi connectivity index (χ3v) is 2.58. The van der Waals surface area contributed by atoms with E-state index in [1.165, 1.54) is 0 Å². The van der Waals surface area contributed by atoms with Crippen molar-refractivity contribution in [3.8, 4) is 0 Å². The van der Waals surface area contributed by atoms with Crippen molar-refractivity contribution in [2.24, 2.45) is 0 Å². The second kappa shape index (κ2) is 5.87. The van der Waals surface area contributed by atoms with Crippen LogP contribution >= 0.6 is 11.6 Å². The summed E-state index contributed by atoms with van der Waals surface area (Å²) in [6, 6.07) is 6.84. The number of nitrogens with one attached hydrogen (secondary N) is 1. The van der Waals surface area contributed by atoms with E-state index < -0.39 is 12.0 Å². The molecule has 0 aromatic heterocycles. The molecule has 1 aromatic rings. The molecule has 0 radical (unpaired) electrons. The SMILES string of the molecule is CC(C)N[C@@H](Cc1ccccc1Cl)C(=O)O. The van der Waals surface area contributed by atoms with Gasteiger partial charge in [-0.05, 0) is 18.1 Å². The Labute approximate surface area is 100 Å². The molecule has 3 nitrogen and oxygen atoms in total. The fourth-order valence-corrected chi connectivity index (χ4v) is 1.72. The lowest BCUT2D eigenvalue weighted by Gasteiger charge is -2.17. The molecule has 0 saturated heterocycles. The Morgan fingerprint density at radius 3 is 2.56 bits per heavy atom. The zero-order valence-corrected chi connectivity index (χ0v) is 10.2. The van der Waals surface area contributed by atoms with Gasteiger partial charge >= 0.3 is 5.97 Å². The van der Waals surface area contributed by atoms with Gasteiger partial charge in [0.2, 0.25) is 0 Å².